The minimum atomic E-state index is -0.800. The predicted molar refractivity (Wildman–Crippen MR) is 189 cm³/mol. The number of aromatic nitrogens is 1. The van der Waals surface area contributed by atoms with Crippen molar-refractivity contribution in [1.29, 1.82) is 5.26 Å². The Bertz CT molecular complexity index is 1920. The molecular formula is C38H37Cl2N4O7+. The highest BCUT2D eigenvalue weighted by Gasteiger charge is 2.37. The first-order chi connectivity index (χ1) is 24.6. The van der Waals surface area contributed by atoms with Gasteiger partial charge in [0.15, 0.2) is 23.9 Å². The van der Waals surface area contributed by atoms with Crippen molar-refractivity contribution in [3.63, 3.8) is 0 Å². The highest BCUT2D eigenvalue weighted by Crippen LogP contribution is 2.36. The number of hydrogen-bond donors (Lipinski definition) is 1. The average Bonchev–Trinajstić information content (AvgIpc) is 3.14. The van der Waals surface area contributed by atoms with E-state index >= 15 is 0 Å². The normalized spacial score (nSPS) is 18.3. The lowest BCUT2D eigenvalue weighted by Gasteiger charge is -2.44. The van der Waals surface area contributed by atoms with Crippen molar-refractivity contribution in [3.8, 4) is 23.3 Å². The predicted octanol–water partition coefficient (Wildman–Crippen LogP) is 6.78. The molecule has 13 heteroatoms. The number of nitrogens with zero attached hydrogens (tertiary/aromatic N) is 3. The number of nitriles is 1. The van der Waals surface area contributed by atoms with Crippen molar-refractivity contribution in [2.24, 2.45) is 5.92 Å². The summed E-state index contributed by atoms with van der Waals surface area (Å²) in [6.45, 7) is 2.73. The number of ether oxygens (including phenoxy) is 4. The molecule has 0 radical (unpaired) electrons. The Morgan fingerprint density at radius 2 is 1.71 bits per heavy atom. The van der Waals surface area contributed by atoms with Crippen molar-refractivity contribution < 1.29 is 38.6 Å². The molecule has 3 fully saturated rings. The fourth-order valence-corrected chi connectivity index (χ4v) is 7.11. The third-order valence-electron chi connectivity index (χ3n) is 9.36. The maximum atomic E-state index is 13.7. The van der Waals surface area contributed by atoms with Crippen LogP contribution in [0.15, 0.2) is 73.1 Å². The molecule has 7 rings (SSSR count). The summed E-state index contributed by atoms with van der Waals surface area (Å²) in [5.74, 6) is 0.525. The summed E-state index contributed by atoms with van der Waals surface area (Å²) >= 11 is 12.9. The summed E-state index contributed by atoms with van der Waals surface area (Å²) in [6, 6.07) is 18.2. The molecule has 1 amide bonds. The maximum absolute atomic E-state index is 13.7. The smallest absolute Gasteiger partial charge is 0.414 e. The third kappa shape index (κ3) is 8.31. The fraction of sp³-hybridized carbons (Fsp3) is 0.316. The van der Waals surface area contributed by atoms with Crippen LogP contribution >= 0.6 is 23.2 Å². The number of piperidine rings is 3. The van der Waals surface area contributed by atoms with Gasteiger partial charge in [-0.2, -0.15) is 5.26 Å². The molecule has 3 aliphatic heterocycles. The number of phenolic OH excluding ortho intramolecular Hbond substituents is 1. The minimum absolute atomic E-state index is 0.0554. The van der Waals surface area contributed by atoms with Crippen LogP contribution in [0.3, 0.4) is 0 Å². The second kappa shape index (κ2) is 15.9. The number of halogens is 2. The van der Waals surface area contributed by atoms with Gasteiger partial charge in [0.1, 0.15) is 28.0 Å². The van der Waals surface area contributed by atoms with Crippen molar-refractivity contribution in [3.05, 3.63) is 111 Å². The maximum Gasteiger partial charge on any atom is 0.414 e. The van der Waals surface area contributed by atoms with Gasteiger partial charge in [-0.1, -0.05) is 41.4 Å². The van der Waals surface area contributed by atoms with Crippen LogP contribution in [0.4, 0.5) is 10.5 Å². The van der Waals surface area contributed by atoms with Gasteiger partial charge in [-0.05, 0) is 79.4 Å². The van der Waals surface area contributed by atoms with E-state index in [0.717, 1.165) is 25.9 Å². The highest BCUT2D eigenvalue weighted by atomic mass is 35.5. The fourth-order valence-electron chi connectivity index (χ4n) is 6.58. The van der Waals surface area contributed by atoms with Crippen LogP contribution in [0, 0.1) is 17.2 Å². The van der Waals surface area contributed by atoms with Gasteiger partial charge in [0.2, 0.25) is 0 Å². The van der Waals surface area contributed by atoms with Crippen molar-refractivity contribution in [2.45, 2.75) is 38.0 Å². The topological polar surface area (TPSA) is 136 Å². The van der Waals surface area contributed by atoms with Gasteiger partial charge in [-0.25, -0.2) is 14.6 Å². The molecule has 3 aliphatic rings. The molecule has 2 bridgehead atoms. The molecule has 264 valence electrons. The van der Waals surface area contributed by atoms with E-state index in [1.807, 2.05) is 6.07 Å². The minimum Gasteiger partial charge on any atom is -0.508 e. The zero-order chi connectivity index (χ0) is 36.1. The van der Waals surface area contributed by atoms with Gasteiger partial charge in [-0.3, -0.25) is 9.80 Å². The summed E-state index contributed by atoms with van der Waals surface area (Å²) in [5, 5.41) is 20.7. The van der Waals surface area contributed by atoms with E-state index in [1.54, 1.807) is 54.9 Å². The van der Waals surface area contributed by atoms with Crippen LogP contribution in [0.25, 0.3) is 0 Å². The number of carbonyl (C=O) groups excluding carboxylic acids is 2. The molecule has 1 aromatic heterocycles. The number of H-pyrrole nitrogens is 1. The van der Waals surface area contributed by atoms with Gasteiger partial charge in [0.05, 0.1) is 43.6 Å². The number of pyridine rings is 1. The Morgan fingerprint density at radius 1 is 1.00 bits per heavy atom. The summed E-state index contributed by atoms with van der Waals surface area (Å²) in [6.07, 6.45) is 3.69. The van der Waals surface area contributed by atoms with E-state index in [2.05, 4.69) is 9.88 Å². The van der Waals surface area contributed by atoms with Gasteiger partial charge in [0, 0.05) is 24.6 Å². The first-order valence-corrected chi connectivity index (χ1v) is 17.2. The number of carbonyl (C=O) groups is 2. The Hall–Kier alpha value is -5.02. The molecule has 0 aliphatic carbocycles. The van der Waals surface area contributed by atoms with Crippen LogP contribution in [0.5, 0.6) is 17.2 Å². The van der Waals surface area contributed by atoms with Crippen LogP contribution < -0.4 is 19.4 Å². The molecule has 11 nitrogen and oxygen atoms in total. The van der Waals surface area contributed by atoms with Gasteiger partial charge >= 0.3 is 12.1 Å². The summed E-state index contributed by atoms with van der Waals surface area (Å²) in [4.78, 5) is 33.9. The lowest BCUT2D eigenvalue weighted by atomic mass is 9.86. The SMILES string of the molecule is COc1ccc([C@H](Cc2c(Cl)c[nH+]cc2Cl)OC(=O)c2ccc(CN(C(=O)O[C@H]3CN4CCC3CC4)c3cc(O)cc(C#N)c3)cc2)cc1OC. The van der Waals surface area contributed by atoms with Crippen molar-refractivity contribution in [2.75, 3.05) is 38.8 Å². The van der Waals surface area contributed by atoms with Crippen LogP contribution in [-0.4, -0.2) is 62.0 Å². The Morgan fingerprint density at radius 3 is 2.33 bits per heavy atom. The number of hydrogen-bond acceptors (Lipinski definition) is 9. The molecular weight excluding hydrogens is 695 g/mol. The number of aromatic hydroxyl groups is 1. The molecule has 51 heavy (non-hydrogen) atoms. The molecule has 4 aromatic rings. The lowest BCUT2D eigenvalue weighted by Crippen LogP contribution is -2.53. The number of methoxy groups -OCH3 is 2. The van der Waals surface area contributed by atoms with Crippen LogP contribution in [-0.2, 0) is 22.4 Å². The Kier molecular flexibility index (Phi) is 11.2. The largest absolute Gasteiger partial charge is 0.508 e. The van der Waals surface area contributed by atoms with E-state index < -0.39 is 18.2 Å². The quantitative estimate of drug-likeness (QED) is 0.166. The number of benzene rings is 3. The molecule has 2 N–H and O–H groups in total. The number of amides is 1. The number of phenols is 1. The number of aromatic amines is 1. The zero-order valence-corrected chi connectivity index (χ0v) is 29.6. The van der Waals surface area contributed by atoms with E-state index in [9.17, 15) is 20.0 Å². The summed E-state index contributed by atoms with van der Waals surface area (Å²) in [7, 11) is 3.05. The molecule has 0 spiro atoms. The Balaban J connectivity index is 1.23. The lowest BCUT2D eigenvalue weighted by molar-refractivity contribution is -0.377. The molecule has 3 aromatic carbocycles. The molecule has 3 saturated heterocycles. The standard InChI is InChI=1S/C38H36Cl2N4O7/c1-48-33-8-7-27(15-35(33)49-2)34(17-30-31(39)19-42-20-32(30)40)50-37(46)26-5-3-23(4-6-26)21-44(28-13-24(18-41)14-29(45)16-28)38(47)51-36-22-43-11-9-25(36)10-12-43/h3-8,13-16,19-20,25,34,36,45H,9-12,17,21-22H2,1-2H3/p+1/t34-,36-/m0/s1. The molecule has 2 atom stereocenters. The highest BCUT2D eigenvalue weighted by molar-refractivity contribution is 6.35. The second-order valence-electron chi connectivity index (χ2n) is 12.5. The van der Waals surface area contributed by atoms with Crippen molar-refractivity contribution in [1.82, 2.24) is 4.90 Å². The van der Waals surface area contributed by atoms with Gasteiger partial charge in [-0.15, -0.1) is 0 Å². The zero-order valence-electron chi connectivity index (χ0n) is 28.1. The van der Waals surface area contributed by atoms with E-state index in [4.69, 9.17) is 42.1 Å². The summed E-state index contributed by atoms with van der Waals surface area (Å²) < 4.78 is 23.0. The number of fused-ring (bicyclic) bond motifs is 3. The van der Waals surface area contributed by atoms with E-state index in [-0.39, 0.29) is 35.9 Å². The van der Waals surface area contributed by atoms with Crippen LogP contribution in [0.2, 0.25) is 10.0 Å². The molecule has 0 saturated carbocycles. The molecule has 0 unspecified atom stereocenters. The first-order valence-electron chi connectivity index (χ1n) is 16.5. The van der Waals surface area contributed by atoms with E-state index in [1.165, 1.54) is 37.3 Å². The number of esters is 1. The number of rotatable bonds is 11. The monoisotopic (exact) mass is 731 g/mol. The Labute approximate surface area is 305 Å². The van der Waals surface area contributed by atoms with Gasteiger partial charge in [0.25, 0.3) is 0 Å². The first kappa shape index (κ1) is 35.8. The second-order valence-corrected chi connectivity index (χ2v) is 13.3. The average molecular weight is 733 g/mol. The number of anilines is 1. The number of nitrogens with one attached hydrogen (secondary N) is 1. The van der Waals surface area contributed by atoms with Crippen molar-refractivity contribution >= 4 is 41.0 Å². The third-order valence-corrected chi connectivity index (χ3v) is 10.0. The van der Waals surface area contributed by atoms with Crippen LogP contribution in [0.1, 0.15) is 51.6 Å². The summed E-state index contributed by atoms with van der Waals surface area (Å²) in [5.41, 5.74) is 2.69. The van der Waals surface area contributed by atoms with Gasteiger partial charge < -0.3 is 24.1 Å². The molecule has 4 heterocycles. The van der Waals surface area contributed by atoms with E-state index in [0.29, 0.717) is 56.4 Å².